The molecule has 0 aromatic heterocycles. The minimum absolute atomic E-state index is 0.0451. The molecule has 0 aliphatic carbocycles. The van der Waals surface area contributed by atoms with Crippen LogP contribution in [0.4, 0.5) is 5.69 Å². The molecule has 0 unspecified atom stereocenters. The van der Waals surface area contributed by atoms with Crippen LogP contribution in [0.25, 0.3) is 0 Å². The van der Waals surface area contributed by atoms with Crippen LogP contribution in [0.3, 0.4) is 0 Å². The van der Waals surface area contributed by atoms with Crippen LogP contribution in [0.15, 0.2) is 18.2 Å². The van der Waals surface area contributed by atoms with E-state index in [1.54, 1.807) is 7.11 Å². The van der Waals surface area contributed by atoms with Crippen molar-refractivity contribution < 1.29 is 9.84 Å². The molecule has 0 amide bonds. The van der Waals surface area contributed by atoms with Gasteiger partial charge in [-0.25, -0.2) is 0 Å². The fraction of sp³-hybridized carbons (Fsp3) is 0.647. The fourth-order valence-corrected chi connectivity index (χ4v) is 3.86. The Labute approximate surface area is 126 Å². The molecule has 3 N–H and O–H groups in total. The smallest absolute Gasteiger partial charge is 0.142 e. The summed E-state index contributed by atoms with van der Waals surface area (Å²) in [6.07, 6.45) is 0.650. The minimum Gasteiger partial charge on any atom is -0.495 e. The fourth-order valence-electron chi connectivity index (χ4n) is 3.86. The van der Waals surface area contributed by atoms with E-state index in [1.807, 2.05) is 12.1 Å². The van der Waals surface area contributed by atoms with Crippen LogP contribution in [-0.4, -0.2) is 37.5 Å². The lowest BCUT2D eigenvalue weighted by molar-refractivity contribution is 0.0169. The Morgan fingerprint density at radius 2 is 2.14 bits per heavy atom. The summed E-state index contributed by atoms with van der Waals surface area (Å²) < 4.78 is 5.48. The zero-order chi connectivity index (χ0) is 15.3. The normalized spacial score (nSPS) is 29.3. The first-order valence-electron chi connectivity index (χ1n) is 7.73. The molecule has 1 aromatic carbocycles. The van der Waals surface area contributed by atoms with Gasteiger partial charge in [-0.05, 0) is 30.0 Å². The summed E-state index contributed by atoms with van der Waals surface area (Å²) in [4.78, 5) is 0. The predicted octanol–water partition coefficient (Wildman–Crippen LogP) is 2.13. The minimum atomic E-state index is -0.390. The number of para-hydroxylation sites is 1. The van der Waals surface area contributed by atoms with Crippen LogP contribution >= 0.6 is 0 Å². The molecule has 21 heavy (non-hydrogen) atoms. The highest BCUT2D eigenvalue weighted by Crippen LogP contribution is 2.49. The van der Waals surface area contributed by atoms with Crippen LogP contribution in [0.5, 0.6) is 5.75 Å². The maximum Gasteiger partial charge on any atom is 0.142 e. The van der Waals surface area contributed by atoms with E-state index >= 15 is 0 Å². The summed E-state index contributed by atoms with van der Waals surface area (Å²) in [5.41, 5.74) is 2.18. The van der Waals surface area contributed by atoms with Gasteiger partial charge in [0.25, 0.3) is 0 Å². The molecular weight excluding hydrogens is 264 g/mol. The van der Waals surface area contributed by atoms with Crippen molar-refractivity contribution in [3.63, 3.8) is 0 Å². The molecule has 116 valence electrons. The number of anilines is 1. The molecule has 2 aliphatic heterocycles. The van der Waals surface area contributed by atoms with Crippen LogP contribution in [0.1, 0.15) is 32.8 Å². The quantitative estimate of drug-likeness (QED) is 0.781. The summed E-state index contributed by atoms with van der Waals surface area (Å²) in [6, 6.07) is 6.28. The third-order valence-corrected chi connectivity index (χ3v) is 5.10. The van der Waals surface area contributed by atoms with Crippen molar-refractivity contribution in [3.05, 3.63) is 23.8 Å². The van der Waals surface area contributed by atoms with Gasteiger partial charge in [-0.2, -0.15) is 0 Å². The molecule has 1 aromatic rings. The number of aliphatic hydroxyl groups excluding tert-OH is 1. The van der Waals surface area contributed by atoms with Crippen LogP contribution in [0.2, 0.25) is 0 Å². The largest absolute Gasteiger partial charge is 0.495 e. The number of fused-ring (bicyclic) bond motifs is 2. The van der Waals surface area contributed by atoms with Gasteiger partial charge in [0.2, 0.25) is 0 Å². The molecule has 4 heteroatoms. The number of ether oxygens (including phenoxy) is 1. The Balaban J connectivity index is 2.04. The maximum atomic E-state index is 10.8. The first kappa shape index (κ1) is 14.7. The first-order valence-corrected chi connectivity index (χ1v) is 7.73. The number of hydrogen-bond acceptors (Lipinski definition) is 4. The monoisotopic (exact) mass is 290 g/mol. The average Bonchev–Trinajstić information content (AvgIpc) is 3.03. The van der Waals surface area contributed by atoms with E-state index in [4.69, 9.17) is 4.74 Å². The summed E-state index contributed by atoms with van der Waals surface area (Å²) in [6.45, 7) is 8.09. The Morgan fingerprint density at radius 3 is 2.81 bits per heavy atom. The number of benzene rings is 1. The predicted molar refractivity (Wildman–Crippen MR) is 85.0 cm³/mol. The molecule has 0 radical (unpaired) electrons. The molecule has 1 saturated heterocycles. The second-order valence-electron chi connectivity index (χ2n) is 7.39. The van der Waals surface area contributed by atoms with Crippen molar-refractivity contribution in [2.24, 2.45) is 5.41 Å². The molecule has 3 rings (SSSR count). The van der Waals surface area contributed by atoms with Gasteiger partial charge < -0.3 is 20.5 Å². The second kappa shape index (κ2) is 4.89. The van der Waals surface area contributed by atoms with Crippen molar-refractivity contribution in [3.8, 4) is 5.75 Å². The van der Waals surface area contributed by atoms with Gasteiger partial charge in [0.05, 0.1) is 18.9 Å². The lowest BCUT2D eigenvalue weighted by atomic mass is 9.69. The first-order chi connectivity index (χ1) is 9.90. The van der Waals surface area contributed by atoms with E-state index < -0.39 is 0 Å². The third kappa shape index (κ3) is 2.12. The molecule has 1 spiro atoms. The average molecular weight is 290 g/mol. The molecule has 4 nitrogen and oxygen atoms in total. The number of methoxy groups -OCH3 is 1. The number of nitrogens with one attached hydrogen (secondary N) is 2. The molecule has 2 heterocycles. The second-order valence-corrected chi connectivity index (χ2v) is 7.39. The van der Waals surface area contributed by atoms with Crippen LogP contribution < -0.4 is 15.4 Å². The standard InChI is InChI=1S/C17H26N2O2/c1-16(2,3)15(20)14-17(8-9-18-14)10-19-13-11(17)6-5-7-12(13)21-4/h5-7,14-15,18-20H,8-10H2,1-4H3/t14-,15-,17+/m0/s1. The van der Waals surface area contributed by atoms with Crippen molar-refractivity contribution in [1.29, 1.82) is 0 Å². The topological polar surface area (TPSA) is 53.5 Å². The van der Waals surface area contributed by atoms with E-state index in [1.165, 1.54) is 5.56 Å². The summed E-state index contributed by atoms with van der Waals surface area (Å²) in [5.74, 6) is 0.889. The Hall–Kier alpha value is -1.26. The van der Waals surface area contributed by atoms with E-state index in [0.29, 0.717) is 0 Å². The molecule has 3 atom stereocenters. The van der Waals surface area contributed by atoms with Crippen molar-refractivity contribution in [2.75, 3.05) is 25.5 Å². The summed E-state index contributed by atoms with van der Waals surface area (Å²) in [5, 5.41) is 17.9. The van der Waals surface area contributed by atoms with Gasteiger partial charge in [-0.3, -0.25) is 0 Å². The zero-order valence-electron chi connectivity index (χ0n) is 13.4. The summed E-state index contributed by atoms with van der Waals surface area (Å²) >= 11 is 0. The molecule has 0 saturated carbocycles. The molecular formula is C17H26N2O2. The SMILES string of the molecule is COc1cccc2c1NC[C@]21CCN[C@H]1[C@H](O)C(C)(C)C. The Kier molecular flexibility index (Phi) is 3.41. The lowest BCUT2D eigenvalue weighted by Crippen LogP contribution is -2.54. The van der Waals surface area contributed by atoms with Crippen molar-refractivity contribution >= 4 is 5.69 Å². The lowest BCUT2D eigenvalue weighted by Gasteiger charge is -2.39. The highest BCUT2D eigenvalue weighted by Gasteiger charge is 2.53. The van der Waals surface area contributed by atoms with E-state index in [2.05, 4.69) is 37.5 Å². The van der Waals surface area contributed by atoms with Crippen molar-refractivity contribution in [1.82, 2.24) is 5.32 Å². The van der Waals surface area contributed by atoms with Gasteiger partial charge >= 0.3 is 0 Å². The Morgan fingerprint density at radius 1 is 1.38 bits per heavy atom. The third-order valence-electron chi connectivity index (χ3n) is 5.10. The van der Waals surface area contributed by atoms with E-state index in [9.17, 15) is 5.11 Å². The van der Waals surface area contributed by atoms with Crippen molar-refractivity contribution in [2.45, 2.75) is 44.8 Å². The van der Waals surface area contributed by atoms with E-state index in [-0.39, 0.29) is 23.0 Å². The van der Waals surface area contributed by atoms with Gasteiger partial charge in [-0.15, -0.1) is 0 Å². The molecule has 2 aliphatic rings. The van der Waals surface area contributed by atoms with Gasteiger partial charge in [0.1, 0.15) is 5.75 Å². The highest BCUT2D eigenvalue weighted by atomic mass is 16.5. The molecule has 1 fully saturated rings. The number of aliphatic hydroxyl groups is 1. The highest BCUT2D eigenvalue weighted by molar-refractivity contribution is 5.69. The van der Waals surface area contributed by atoms with Crippen LogP contribution in [-0.2, 0) is 5.41 Å². The number of rotatable bonds is 2. The van der Waals surface area contributed by atoms with Crippen LogP contribution in [0, 0.1) is 5.41 Å². The maximum absolute atomic E-state index is 10.8. The zero-order valence-corrected chi connectivity index (χ0v) is 13.4. The van der Waals surface area contributed by atoms with E-state index in [0.717, 1.165) is 30.9 Å². The number of hydrogen-bond donors (Lipinski definition) is 3. The Bertz CT molecular complexity index is 538. The van der Waals surface area contributed by atoms with Gasteiger partial charge in [0.15, 0.2) is 0 Å². The van der Waals surface area contributed by atoms with Gasteiger partial charge in [-0.1, -0.05) is 32.9 Å². The summed E-state index contributed by atoms with van der Waals surface area (Å²) in [7, 11) is 1.71. The van der Waals surface area contributed by atoms with Gasteiger partial charge in [0, 0.05) is 18.0 Å². The molecule has 0 bridgehead atoms.